The Morgan fingerprint density at radius 1 is 2.20 bits per heavy atom. The van der Waals surface area contributed by atoms with E-state index in [0.29, 0.717) is 0 Å². The Kier molecular flexibility index (Phi) is 0.411. The highest BCUT2D eigenvalue weighted by Gasteiger charge is 2.11. The van der Waals surface area contributed by atoms with Crippen LogP contribution in [0.15, 0.2) is 0 Å². The molecule has 1 saturated heterocycles. The predicted octanol–water partition coefficient (Wildman–Crippen LogP) is 0.337. The second-order valence-corrected chi connectivity index (χ2v) is 1.03. The summed E-state index contributed by atoms with van der Waals surface area (Å²) in [6.07, 6.45) is -0.0231. The standard InChI is InChI=1S/C3H6O2/c1-3-2-4-5-3/h3H,2H2,1H3/i2T. The van der Waals surface area contributed by atoms with Crippen molar-refractivity contribution < 1.29 is 11.1 Å². The summed E-state index contributed by atoms with van der Waals surface area (Å²) >= 11 is 0. The van der Waals surface area contributed by atoms with Gasteiger partial charge in [0.15, 0.2) is 0 Å². The maximum Gasteiger partial charge on any atom is 0.117 e. The second kappa shape index (κ2) is 0.954. The average molecular weight is 76.1 g/mol. The Balaban J connectivity index is 2.20. The molecule has 1 fully saturated rings. The minimum atomic E-state index is -0.440. The minimum absolute atomic E-state index is 0.0231. The molecule has 2 atom stereocenters. The molecular formula is C3H6O2. The van der Waals surface area contributed by atoms with Crippen LogP contribution in [0.25, 0.3) is 0 Å². The van der Waals surface area contributed by atoms with Crippen LogP contribution in [0.4, 0.5) is 0 Å². The van der Waals surface area contributed by atoms with Crippen LogP contribution < -0.4 is 0 Å². The van der Waals surface area contributed by atoms with E-state index >= 15 is 0 Å². The van der Waals surface area contributed by atoms with Crippen LogP contribution in [-0.2, 0) is 9.78 Å². The third kappa shape index (κ3) is 0.412. The first-order valence-electron chi connectivity index (χ1n) is 2.13. The number of hydrogen-bond donors (Lipinski definition) is 0. The summed E-state index contributed by atoms with van der Waals surface area (Å²) in [5.41, 5.74) is 0. The molecule has 0 aromatic rings. The summed E-state index contributed by atoms with van der Waals surface area (Å²) in [6.45, 7) is 1.35. The van der Waals surface area contributed by atoms with Crippen molar-refractivity contribution in [2.24, 2.45) is 0 Å². The largest absolute Gasteiger partial charge is 0.234 e. The van der Waals surface area contributed by atoms with E-state index in [9.17, 15) is 0 Å². The van der Waals surface area contributed by atoms with Gasteiger partial charge in [-0.3, -0.25) is 0 Å². The summed E-state index contributed by atoms with van der Waals surface area (Å²) < 4.78 is 6.77. The van der Waals surface area contributed by atoms with Gasteiger partial charge >= 0.3 is 0 Å². The van der Waals surface area contributed by atoms with Crippen molar-refractivity contribution in [3.05, 3.63) is 0 Å². The topological polar surface area (TPSA) is 18.5 Å². The van der Waals surface area contributed by atoms with E-state index in [1.165, 1.54) is 0 Å². The van der Waals surface area contributed by atoms with Gasteiger partial charge in [-0.25, -0.2) is 9.78 Å². The van der Waals surface area contributed by atoms with Crippen molar-refractivity contribution >= 4 is 0 Å². The molecule has 2 nitrogen and oxygen atoms in total. The number of rotatable bonds is 0. The molecule has 5 heavy (non-hydrogen) atoms. The molecule has 0 radical (unpaired) electrons. The fraction of sp³-hybridized carbons (Fsp3) is 1.00. The van der Waals surface area contributed by atoms with Crippen molar-refractivity contribution in [1.82, 2.24) is 0 Å². The van der Waals surface area contributed by atoms with Crippen molar-refractivity contribution in [3.8, 4) is 0 Å². The lowest BCUT2D eigenvalue weighted by molar-refractivity contribution is -0.419. The summed E-state index contributed by atoms with van der Waals surface area (Å²) in [6, 6.07) is 0. The van der Waals surface area contributed by atoms with Crippen LogP contribution in [0, 0.1) is 0 Å². The second-order valence-electron chi connectivity index (χ2n) is 1.03. The molecule has 2 unspecified atom stereocenters. The van der Waals surface area contributed by atoms with Crippen LogP contribution in [0.5, 0.6) is 0 Å². The molecule has 0 aliphatic carbocycles. The van der Waals surface area contributed by atoms with E-state index in [1.54, 1.807) is 6.92 Å². The first kappa shape index (κ1) is 2.16. The van der Waals surface area contributed by atoms with Crippen molar-refractivity contribution in [3.63, 3.8) is 0 Å². The molecule has 0 aromatic heterocycles. The molecule has 0 spiro atoms. The summed E-state index contributed by atoms with van der Waals surface area (Å²) in [4.78, 5) is 8.56. The predicted molar refractivity (Wildman–Crippen MR) is 16.5 cm³/mol. The highest BCUT2D eigenvalue weighted by Crippen LogP contribution is 2.02. The highest BCUT2D eigenvalue weighted by atomic mass is 17.2. The first-order valence-corrected chi connectivity index (χ1v) is 1.55. The van der Waals surface area contributed by atoms with Crippen LogP contribution in [0.3, 0.4) is 0 Å². The molecule has 1 aliphatic rings. The monoisotopic (exact) mass is 76.0 g/mol. The Labute approximate surface area is 32.0 Å². The van der Waals surface area contributed by atoms with Gasteiger partial charge in [-0.1, -0.05) is 0 Å². The Morgan fingerprint density at radius 2 is 2.80 bits per heavy atom. The van der Waals surface area contributed by atoms with Gasteiger partial charge in [-0.05, 0) is 6.92 Å². The zero-order valence-corrected chi connectivity index (χ0v) is 2.97. The minimum Gasteiger partial charge on any atom is -0.234 e. The molecule has 1 rings (SSSR count). The van der Waals surface area contributed by atoms with E-state index in [4.69, 9.17) is 1.37 Å². The van der Waals surface area contributed by atoms with Crippen LogP contribution in [0.1, 0.15) is 8.29 Å². The molecule has 0 N–H and O–H groups in total. The summed E-state index contributed by atoms with van der Waals surface area (Å²) in [5, 5.41) is 0. The zero-order valence-electron chi connectivity index (χ0n) is 3.97. The first-order chi connectivity index (χ1) is 2.80. The number of hydrogen-bond acceptors (Lipinski definition) is 2. The summed E-state index contributed by atoms with van der Waals surface area (Å²) in [7, 11) is 0. The van der Waals surface area contributed by atoms with E-state index in [-0.39, 0.29) is 6.10 Å². The van der Waals surface area contributed by atoms with Crippen molar-refractivity contribution in [1.29, 1.82) is 0 Å². The van der Waals surface area contributed by atoms with Gasteiger partial charge in [0.05, 0.1) is 1.37 Å². The maximum atomic E-state index is 6.77. The Hall–Kier alpha value is -0.0800. The molecule has 1 heterocycles. The SMILES string of the molecule is [3H]C1OOC1C. The lowest BCUT2D eigenvalue weighted by atomic mass is 10.4. The lowest BCUT2D eigenvalue weighted by Gasteiger charge is -2.18. The molecular weight excluding hydrogens is 68.0 g/mol. The van der Waals surface area contributed by atoms with E-state index in [1.807, 2.05) is 0 Å². The summed E-state index contributed by atoms with van der Waals surface area (Å²) in [5.74, 6) is 0. The van der Waals surface area contributed by atoms with Gasteiger partial charge in [-0.15, -0.1) is 0 Å². The Bertz CT molecular complexity index is 48.8. The molecule has 0 saturated carbocycles. The zero-order chi connectivity index (χ0) is 4.57. The van der Waals surface area contributed by atoms with Gasteiger partial charge in [-0.2, -0.15) is 0 Å². The molecule has 0 amide bonds. The molecule has 1 aliphatic heterocycles. The van der Waals surface area contributed by atoms with Crippen molar-refractivity contribution in [2.75, 3.05) is 6.58 Å². The highest BCUT2D eigenvalue weighted by molar-refractivity contribution is 4.45. The third-order valence-corrected chi connectivity index (χ3v) is 0.455. The van der Waals surface area contributed by atoms with Crippen LogP contribution in [0.2, 0.25) is 0 Å². The smallest absolute Gasteiger partial charge is 0.117 e. The van der Waals surface area contributed by atoms with Crippen LogP contribution >= 0.6 is 0 Å². The average Bonchev–Trinajstić information content (AvgIpc) is 1.61. The molecule has 30 valence electrons. The fourth-order valence-electron chi connectivity index (χ4n) is 0.167. The quantitative estimate of drug-likeness (QED) is 0.387. The van der Waals surface area contributed by atoms with Gasteiger partial charge in [0, 0.05) is 0 Å². The third-order valence-electron chi connectivity index (χ3n) is 0.455. The Morgan fingerprint density at radius 3 is 2.80 bits per heavy atom. The van der Waals surface area contributed by atoms with E-state index in [0.717, 1.165) is 0 Å². The normalized spacial score (nSPS) is 54.2. The molecule has 2 heteroatoms. The fourth-order valence-corrected chi connectivity index (χ4v) is 0.167. The van der Waals surface area contributed by atoms with Crippen LogP contribution in [-0.4, -0.2) is 12.7 Å². The van der Waals surface area contributed by atoms with Crippen molar-refractivity contribution in [2.45, 2.75) is 13.0 Å². The molecule has 0 aromatic carbocycles. The van der Waals surface area contributed by atoms with Gasteiger partial charge in [0.1, 0.15) is 12.7 Å². The van der Waals surface area contributed by atoms with Gasteiger partial charge < -0.3 is 0 Å². The molecule has 0 bridgehead atoms. The maximum absolute atomic E-state index is 6.77. The van der Waals surface area contributed by atoms with Gasteiger partial charge in [0.2, 0.25) is 0 Å². The van der Waals surface area contributed by atoms with E-state index < -0.39 is 6.58 Å². The lowest BCUT2D eigenvalue weighted by Crippen LogP contribution is -2.26. The van der Waals surface area contributed by atoms with E-state index in [2.05, 4.69) is 9.78 Å². The van der Waals surface area contributed by atoms with Gasteiger partial charge in [0.25, 0.3) is 0 Å².